The zero-order valence-corrected chi connectivity index (χ0v) is 11.2. The molecule has 1 aromatic carbocycles. The summed E-state index contributed by atoms with van der Waals surface area (Å²) in [6, 6.07) is 5.82. The molecule has 0 unspecified atom stereocenters. The van der Waals surface area contributed by atoms with Gasteiger partial charge in [-0.05, 0) is 30.8 Å². The second-order valence-electron chi connectivity index (χ2n) is 3.55. The van der Waals surface area contributed by atoms with E-state index in [1.165, 1.54) is 0 Å². The van der Waals surface area contributed by atoms with Gasteiger partial charge in [0.25, 0.3) is 0 Å². The minimum Gasteiger partial charge on any atom is -0.497 e. The Kier molecular flexibility index (Phi) is 5.72. The Bertz CT molecular complexity index is 383. The number of aryl methyl sites for hydroxylation is 1. The Morgan fingerprint density at radius 2 is 2.12 bits per heavy atom. The third kappa shape index (κ3) is 4.58. The van der Waals surface area contributed by atoms with Crippen molar-refractivity contribution in [2.45, 2.75) is 6.92 Å². The average Bonchev–Trinajstić information content (AvgIpc) is 2.32. The Labute approximate surface area is 107 Å². The first-order valence-corrected chi connectivity index (χ1v) is 5.76. The molecule has 0 saturated carbocycles. The van der Waals surface area contributed by atoms with Gasteiger partial charge in [0.15, 0.2) is 5.11 Å². The fourth-order valence-electron chi connectivity index (χ4n) is 1.30. The number of thiocarbonyl (C=S) groups is 1. The van der Waals surface area contributed by atoms with Crippen molar-refractivity contribution in [3.63, 3.8) is 0 Å². The number of anilines is 1. The van der Waals surface area contributed by atoms with E-state index in [9.17, 15) is 0 Å². The van der Waals surface area contributed by atoms with Crippen LogP contribution in [0.25, 0.3) is 0 Å². The van der Waals surface area contributed by atoms with E-state index >= 15 is 0 Å². The summed E-state index contributed by atoms with van der Waals surface area (Å²) in [5, 5.41) is 6.76. The molecule has 0 bridgehead atoms. The Morgan fingerprint density at radius 1 is 1.35 bits per heavy atom. The average molecular weight is 254 g/mol. The molecule has 0 aromatic heterocycles. The van der Waals surface area contributed by atoms with Gasteiger partial charge >= 0.3 is 0 Å². The standard InChI is InChI=1S/C12H18N2O2S/c1-9-4-5-10(16-3)8-11(9)14-12(17)13-6-7-15-2/h4-5,8H,6-7H2,1-3H3,(H2,13,14,17). The highest BCUT2D eigenvalue weighted by molar-refractivity contribution is 7.80. The van der Waals surface area contributed by atoms with Crippen LogP contribution in [0.15, 0.2) is 18.2 Å². The van der Waals surface area contributed by atoms with E-state index in [4.69, 9.17) is 21.7 Å². The summed E-state index contributed by atoms with van der Waals surface area (Å²) in [6.45, 7) is 3.32. The van der Waals surface area contributed by atoms with E-state index in [0.29, 0.717) is 18.3 Å². The van der Waals surface area contributed by atoms with E-state index in [2.05, 4.69) is 10.6 Å². The zero-order valence-electron chi connectivity index (χ0n) is 10.4. The first-order valence-electron chi connectivity index (χ1n) is 5.36. The lowest BCUT2D eigenvalue weighted by Gasteiger charge is -2.13. The predicted octanol–water partition coefficient (Wildman–Crippen LogP) is 1.94. The molecule has 5 heteroatoms. The molecule has 94 valence electrons. The normalized spacial score (nSPS) is 9.82. The van der Waals surface area contributed by atoms with Crippen LogP contribution in [-0.4, -0.2) is 32.5 Å². The fraction of sp³-hybridized carbons (Fsp3) is 0.417. The highest BCUT2D eigenvalue weighted by Gasteiger charge is 2.02. The molecular formula is C12H18N2O2S. The molecule has 0 spiro atoms. The van der Waals surface area contributed by atoms with Crippen molar-refractivity contribution in [2.24, 2.45) is 0 Å². The third-order valence-corrected chi connectivity index (χ3v) is 2.53. The van der Waals surface area contributed by atoms with E-state index in [1.54, 1.807) is 14.2 Å². The maximum atomic E-state index is 5.17. The molecule has 1 aromatic rings. The van der Waals surface area contributed by atoms with Gasteiger partial charge in [-0.2, -0.15) is 0 Å². The van der Waals surface area contributed by atoms with Gasteiger partial charge in [0, 0.05) is 25.4 Å². The fourth-order valence-corrected chi connectivity index (χ4v) is 1.51. The summed E-state index contributed by atoms with van der Waals surface area (Å²) in [7, 11) is 3.30. The number of methoxy groups -OCH3 is 2. The minimum absolute atomic E-state index is 0.582. The number of benzene rings is 1. The number of rotatable bonds is 5. The zero-order chi connectivity index (χ0) is 12.7. The molecule has 4 nitrogen and oxygen atoms in total. The van der Waals surface area contributed by atoms with Gasteiger partial charge < -0.3 is 20.1 Å². The molecule has 0 atom stereocenters. The van der Waals surface area contributed by atoms with Crippen LogP contribution >= 0.6 is 12.2 Å². The summed E-state index contributed by atoms with van der Waals surface area (Å²) in [5.74, 6) is 0.804. The number of hydrogen-bond acceptors (Lipinski definition) is 3. The van der Waals surface area contributed by atoms with Gasteiger partial charge in [-0.15, -0.1) is 0 Å². The lowest BCUT2D eigenvalue weighted by Crippen LogP contribution is -2.31. The second-order valence-corrected chi connectivity index (χ2v) is 3.96. The van der Waals surface area contributed by atoms with Gasteiger partial charge in [-0.1, -0.05) is 6.07 Å². The molecule has 0 saturated heterocycles. The topological polar surface area (TPSA) is 42.5 Å². The summed E-state index contributed by atoms with van der Waals surface area (Å²) in [5.41, 5.74) is 2.06. The van der Waals surface area contributed by atoms with Crippen LogP contribution in [0, 0.1) is 6.92 Å². The van der Waals surface area contributed by atoms with Crippen molar-refractivity contribution < 1.29 is 9.47 Å². The maximum absolute atomic E-state index is 5.17. The maximum Gasteiger partial charge on any atom is 0.170 e. The predicted molar refractivity (Wildman–Crippen MR) is 73.8 cm³/mol. The molecule has 0 heterocycles. The van der Waals surface area contributed by atoms with Gasteiger partial charge in [0.2, 0.25) is 0 Å². The summed E-state index contributed by atoms with van der Waals surface area (Å²) in [6.07, 6.45) is 0. The summed E-state index contributed by atoms with van der Waals surface area (Å²) < 4.78 is 10.1. The van der Waals surface area contributed by atoms with Crippen molar-refractivity contribution in [2.75, 3.05) is 32.7 Å². The van der Waals surface area contributed by atoms with E-state index in [1.807, 2.05) is 25.1 Å². The van der Waals surface area contributed by atoms with E-state index in [0.717, 1.165) is 17.0 Å². The first-order chi connectivity index (χ1) is 8.17. The number of ether oxygens (including phenoxy) is 2. The Balaban J connectivity index is 2.57. The number of hydrogen-bond donors (Lipinski definition) is 2. The summed E-state index contributed by atoms with van der Waals surface area (Å²) >= 11 is 5.17. The van der Waals surface area contributed by atoms with Crippen LogP contribution in [0.4, 0.5) is 5.69 Å². The van der Waals surface area contributed by atoms with Crippen molar-refractivity contribution in [1.29, 1.82) is 0 Å². The summed E-state index contributed by atoms with van der Waals surface area (Å²) in [4.78, 5) is 0. The molecule has 0 amide bonds. The van der Waals surface area contributed by atoms with Crippen LogP contribution in [0.2, 0.25) is 0 Å². The van der Waals surface area contributed by atoms with Crippen molar-refractivity contribution in [3.05, 3.63) is 23.8 Å². The number of nitrogens with one attached hydrogen (secondary N) is 2. The molecule has 17 heavy (non-hydrogen) atoms. The molecule has 2 N–H and O–H groups in total. The molecule has 1 rings (SSSR count). The third-order valence-electron chi connectivity index (χ3n) is 2.28. The first kappa shape index (κ1) is 13.7. The largest absolute Gasteiger partial charge is 0.497 e. The van der Waals surface area contributed by atoms with Gasteiger partial charge in [-0.3, -0.25) is 0 Å². The molecule has 0 aliphatic carbocycles. The van der Waals surface area contributed by atoms with Crippen LogP contribution in [0.1, 0.15) is 5.56 Å². The molecule has 0 aliphatic rings. The lowest BCUT2D eigenvalue weighted by atomic mass is 10.2. The SMILES string of the molecule is COCCNC(=S)Nc1cc(OC)ccc1C. The molecule has 0 aliphatic heterocycles. The smallest absolute Gasteiger partial charge is 0.170 e. The molecule has 0 fully saturated rings. The van der Waals surface area contributed by atoms with Crippen molar-refractivity contribution in [3.8, 4) is 5.75 Å². The highest BCUT2D eigenvalue weighted by Crippen LogP contribution is 2.21. The van der Waals surface area contributed by atoms with Crippen LogP contribution < -0.4 is 15.4 Å². The lowest BCUT2D eigenvalue weighted by molar-refractivity contribution is 0.204. The second kappa shape index (κ2) is 7.09. The Hall–Kier alpha value is -1.33. The van der Waals surface area contributed by atoms with Crippen LogP contribution in [0.5, 0.6) is 5.75 Å². The van der Waals surface area contributed by atoms with Crippen molar-refractivity contribution >= 4 is 23.0 Å². The highest BCUT2D eigenvalue weighted by atomic mass is 32.1. The van der Waals surface area contributed by atoms with Crippen molar-refractivity contribution in [1.82, 2.24) is 5.32 Å². The molecule has 0 radical (unpaired) electrons. The Morgan fingerprint density at radius 3 is 2.76 bits per heavy atom. The van der Waals surface area contributed by atoms with Gasteiger partial charge in [0.1, 0.15) is 5.75 Å². The van der Waals surface area contributed by atoms with Gasteiger partial charge in [-0.25, -0.2) is 0 Å². The van der Waals surface area contributed by atoms with E-state index < -0.39 is 0 Å². The van der Waals surface area contributed by atoms with E-state index in [-0.39, 0.29) is 0 Å². The van der Waals surface area contributed by atoms with Crippen LogP contribution in [-0.2, 0) is 4.74 Å². The van der Waals surface area contributed by atoms with Crippen LogP contribution in [0.3, 0.4) is 0 Å². The monoisotopic (exact) mass is 254 g/mol. The quantitative estimate of drug-likeness (QED) is 0.621. The molecular weight excluding hydrogens is 236 g/mol. The van der Waals surface area contributed by atoms with Gasteiger partial charge in [0.05, 0.1) is 13.7 Å². The minimum atomic E-state index is 0.582.